The zero-order chi connectivity index (χ0) is 18.8. The van der Waals surface area contributed by atoms with Crippen molar-refractivity contribution >= 4 is 30.8 Å². The molecule has 1 aromatic carbocycles. The summed E-state index contributed by atoms with van der Waals surface area (Å²) in [5.74, 6) is 0.864. The molecule has 0 radical (unpaired) electrons. The van der Waals surface area contributed by atoms with Gasteiger partial charge in [0.15, 0.2) is 0 Å². The molecule has 8 heteroatoms. The predicted octanol–water partition coefficient (Wildman–Crippen LogP) is 3.10. The van der Waals surface area contributed by atoms with Crippen molar-refractivity contribution in [1.82, 2.24) is 19.8 Å². The van der Waals surface area contributed by atoms with Crippen LogP contribution in [0.1, 0.15) is 18.4 Å². The van der Waals surface area contributed by atoms with Crippen LogP contribution in [0.5, 0.6) is 0 Å². The Balaban J connectivity index is 0.00000128. The first-order valence-electron chi connectivity index (χ1n) is 10.6. The van der Waals surface area contributed by atoms with Crippen LogP contribution in [0.2, 0.25) is 0 Å². The lowest BCUT2D eigenvalue weighted by Crippen LogP contribution is -2.47. The highest BCUT2D eigenvalue weighted by atomic mass is 35.5. The molecule has 30 heavy (non-hydrogen) atoms. The summed E-state index contributed by atoms with van der Waals surface area (Å²) in [6.45, 7) is 9.07. The Morgan fingerprint density at radius 3 is 2.03 bits per heavy atom. The van der Waals surface area contributed by atoms with Crippen molar-refractivity contribution in [3.63, 3.8) is 0 Å². The molecule has 0 unspecified atom stereocenters. The zero-order valence-electron chi connectivity index (χ0n) is 17.3. The molecule has 164 valence electrons. The number of morpholine rings is 1. The highest BCUT2D eigenvalue weighted by Gasteiger charge is 2.31. The summed E-state index contributed by atoms with van der Waals surface area (Å²) in [4.78, 5) is 16.7. The smallest absolute Gasteiger partial charge is 0.225 e. The van der Waals surface area contributed by atoms with Gasteiger partial charge in [-0.25, -0.2) is 9.97 Å². The molecule has 0 bridgehead atoms. The van der Waals surface area contributed by atoms with Gasteiger partial charge < -0.3 is 9.64 Å². The number of anilines is 1. The largest absolute Gasteiger partial charge is 0.379 e. The van der Waals surface area contributed by atoms with E-state index in [4.69, 9.17) is 4.74 Å². The molecule has 2 saturated heterocycles. The van der Waals surface area contributed by atoms with Crippen molar-refractivity contribution in [3.05, 3.63) is 42.2 Å². The van der Waals surface area contributed by atoms with Crippen molar-refractivity contribution in [2.75, 3.05) is 57.4 Å². The number of ether oxygens (including phenoxy) is 1. The maximum atomic E-state index is 5.42. The van der Waals surface area contributed by atoms with E-state index < -0.39 is 0 Å². The van der Waals surface area contributed by atoms with Gasteiger partial charge in [-0.2, -0.15) is 0 Å². The molecule has 0 atom stereocenters. The molecule has 0 spiro atoms. The lowest BCUT2D eigenvalue weighted by atomic mass is 10.1. The van der Waals surface area contributed by atoms with E-state index in [1.54, 1.807) is 0 Å². The van der Waals surface area contributed by atoms with Gasteiger partial charge in [0.2, 0.25) is 5.95 Å². The van der Waals surface area contributed by atoms with E-state index in [9.17, 15) is 0 Å². The highest BCUT2D eigenvalue weighted by molar-refractivity contribution is 5.85. The van der Waals surface area contributed by atoms with Crippen molar-refractivity contribution in [3.8, 4) is 11.1 Å². The molecular weight excluding hydrogens is 421 g/mol. The summed E-state index contributed by atoms with van der Waals surface area (Å²) < 4.78 is 5.42. The van der Waals surface area contributed by atoms with E-state index in [0.29, 0.717) is 0 Å². The van der Waals surface area contributed by atoms with Crippen LogP contribution in [0, 0.1) is 0 Å². The van der Waals surface area contributed by atoms with Crippen molar-refractivity contribution in [2.24, 2.45) is 0 Å². The average Bonchev–Trinajstić information content (AvgIpc) is 3.61. The third kappa shape index (κ3) is 5.62. The molecule has 2 aromatic rings. The molecule has 0 N–H and O–H groups in total. The lowest BCUT2D eigenvalue weighted by Gasteiger charge is -2.34. The van der Waals surface area contributed by atoms with Gasteiger partial charge in [-0.3, -0.25) is 9.80 Å². The van der Waals surface area contributed by atoms with Crippen LogP contribution < -0.4 is 4.90 Å². The van der Waals surface area contributed by atoms with E-state index in [1.807, 2.05) is 12.4 Å². The van der Waals surface area contributed by atoms with Crippen LogP contribution in [0.3, 0.4) is 0 Å². The molecule has 3 fully saturated rings. The van der Waals surface area contributed by atoms with E-state index in [-0.39, 0.29) is 24.8 Å². The van der Waals surface area contributed by atoms with Crippen LogP contribution in [-0.2, 0) is 11.3 Å². The fourth-order valence-electron chi connectivity index (χ4n) is 4.18. The molecule has 0 amide bonds. The second kappa shape index (κ2) is 10.7. The van der Waals surface area contributed by atoms with E-state index in [2.05, 4.69) is 48.9 Å². The molecule has 3 heterocycles. The third-order valence-corrected chi connectivity index (χ3v) is 6.10. The zero-order valence-corrected chi connectivity index (χ0v) is 18.9. The van der Waals surface area contributed by atoms with Gasteiger partial charge in [-0.15, -0.1) is 24.8 Å². The molecule has 5 rings (SSSR count). The van der Waals surface area contributed by atoms with Gasteiger partial charge in [-0.05, 0) is 24.0 Å². The minimum absolute atomic E-state index is 0. The standard InChI is InChI=1S/C22H29N5O.2ClH/c1-3-19(4-2-18(1)17-25-11-13-28-14-12-25)20-15-23-22(24-16-20)27-9-7-26(8-10-27)21-5-6-21;;/h1-4,15-16,21H,5-14,17H2;2*1H. The van der Waals surface area contributed by atoms with Gasteiger partial charge in [-0.1, -0.05) is 24.3 Å². The van der Waals surface area contributed by atoms with Crippen molar-refractivity contribution in [1.29, 1.82) is 0 Å². The lowest BCUT2D eigenvalue weighted by molar-refractivity contribution is 0.0342. The SMILES string of the molecule is Cl.Cl.c1cc(-c2cnc(N3CCN(C4CC4)CC3)nc2)ccc1CN1CCOCC1. The molecule has 1 aliphatic carbocycles. The van der Waals surface area contributed by atoms with E-state index in [1.165, 1.54) is 24.0 Å². The van der Waals surface area contributed by atoms with Gasteiger partial charge in [0.1, 0.15) is 0 Å². The van der Waals surface area contributed by atoms with Crippen LogP contribution in [-0.4, -0.2) is 78.3 Å². The summed E-state index contributed by atoms with van der Waals surface area (Å²) in [6, 6.07) is 9.66. The van der Waals surface area contributed by atoms with Crippen LogP contribution in [0.4, 0.5) is 5.95 Å². The van der Waals surface area contributed by atoms with Crippen LogP contribution in [0.25, 0.3) is 11.1 Å². The highest BCUT2D eigenvalue weighted by Crippen LogP contribution is 2.28. The number of piperazine rings is 1. The first kappa shape index (κ1) is 23.2. The first-order valence-corrected chi connectivity index (χ1v) is 10.6. The second-order valence-electron chi connectivity index (χ2n) is 8.11. The monoisotopic (exact) mass is 451 g/mol. The van der Waals surface area contributed by atoms with Crippen molar-refractivity contribution in [2.45, 2.75) is 25.4 Å². The number of hydrogen-bond acceptors (Lipinski definition) is 6. The number of benzene rings is 1. The number of hydrogen-bond donors (Lipinski definition) is 0. The summed E-state index contributed by atoms with van der Waals surface area (Å²) in [6.07, 6.45) is 6.70. The molecule has 1 aromatic heterocycles. The van der Waals surface area contributed by atoms with Gasteiger partial charge >= 0.3 is 0 Å². The van der Waals surface area contributed by atoms with Crippen molar-refractivity contribution < 1.29 is 4.74 Å². The summed E-state index contributed by atoms with van der Waals surface area (Å²) in [5, 5.41) is 0. The Morgan fingerprint density at radius 1 is 0.800 bits per heavy atom. The molecule has 1 saturated carbocycles. The first-order chi connectivity index (χ1) is 13.8. The second-order valence-corrected chi connectivity index (χ2v) is 8.11. The van der Waals surface area contributed by atoms with Crippen LogP contribution >= 0.6 is 24.8 Å². The molecular formula is C22H31Cl2N5O. The topological polar surface area (TPSA) is 44.7 Å². The minimum atomic E-state index is 0. The van der Waals surface area contributed by atoms with Gasteiger partial charge in [0, 0.05) is 69.8 Å². The third-order valence-electron chi connectivity index (χ3n) is 6.10. The normalized spacial score (nSPS) is 20.3. The quantitative estimate of drug-likeness (QED) is 0.695. The number of aromatic nitrogens is 2. The molecule has 6 nitrogen and oxygen atoms in total. The van der Waals surface area contributed by atoms with E-state index in [0.717, 1.165) is 76.6 Å². The molecule has 2 aliphatic heterocycles. The Labute approximate surface area is 191 Å². The van der Waals surface area contributed by atoms with E-state index >= 15 is 0 Å². The number of rotatable bonds is 5. The summed E-state index contributed by atoms with van der Waals surface area (Å²) in [5.41, 5.74) is 3.60. The fraction of sp³-hybridized carbons (Fsp3) is 0.545. The number of halogens is 2. The molecule has 3 aliphatic rings. The number of nitrogens with zero attached hydrogens (tertiary/aromatic N) is 5. The van der Waals surface area contributed by atoms with Crippen LogP contribution in [0.15, 0.2) is 36.7 Å². The Kier molecular flexibility index (Phi) is 8.31. The van der Waals surface area contributed by atoms with Gasteiger partial charge in [0.05, 0.1) is 13.2 Å². The Morgan fingerprint density at radius 2 is 1.43 bits per heavy atom. The Bertz CT molecular complexity index is 771. The summed E-state index contributed by atoms with van der Waals surface area (Å²) >= 11 is 0. The average molecular weight is 452 g/mol. The predicted molar refractivity (Wildman–Crippen MR) is 125 cm³/mol. The minimum Gasteiger partial charge on any atom is -0.379 e. The fourth-order valence-corrected chi connectivity index (χ4v) is 4.18. The maximum Gasteiger partial charge on any atom is 0.225 e. The Hall–Kier alpha value is -1.44. The summed E-state index contributed by atoms with van der Waals surface area (Å²) in [7, 11) is 0. The van der Waals surface area contributed by atoms with Gasteiger partial charge in [0.25, 0.3) is 0 Å². The maximum absolute atomic E-state index is 5.42.